The molecule has 0 amide bonds. The smallest absolute Gasteiger partial charge is 0.292 e. The van der Waals surface area contributed by atoms with Gasteiger partial charge in [0.2, 0.25) is 5.78 Å². The van der Waals surface area contributed by atoms with Gasteiger partial charge in [-0.25, -0.2) is 0 Å². The molecule has 0 bridgehead atoms. The van der Waals surface area contributed by atoms with E-state index < -0.39 is 30.3 Å². The van der Waals surface area contributed by atoms with E-state index in [0.717, 1.165) is 0 Å². The Kier molecular flexibility index (Phi) is 3.07. The summed E-state index contributed by atoms with van der Waals surface area (Å²) in [6.45, 7) is 0. The second-order valence-corrected chi connectivity index (χ2v) is 2.06. The molecule has 8 heteroatoms. The van der Waals surface area contributed by atoms with Crippen molar-refractivity contribution >= 4 is 11.8 Å². The van der Waals surface area contributed by atoms with Crippen LogP contribution < -0.4 is 0 Å². The van der Waals surface area contributed by atoms with E-state index in [9.17, 15) is 35.9 Å². The van der Waals surface area contributed by atoms with Crippen LogP contribution in [-0.4, -0.2) is 23.9 Å². The molecule has 0 atom stereocenters. The lowest BCUT2D eigenvalue weighted by Gasteiger charge is -2.10. The van der Waals surface area contributed by atoms with Crippen molar-refractivity contribution in [2.75, 3.05) is 0 Å². The first-order chi connectivity index (χ1) is 5.57. The van der Waals surface area contributed by atoms with Crippen LogP contribution >= 0.6 is 0 Å². The number of hydrogen-bond donors (Lipinski definition) is 0. The topological polar surface area (TPSA) is 34.1 Å². The standard InChI is InChI=1S/C5H2F6O2/c6-3(13)5(10,11)2(12)1-4(7,8)9/h1H2. The van der Waals surface area contributed by atoms with Gasteiger partial charge in [0.05, 0.1) is 0 Å². The third-order valence-corrected chi connectivity index (χ3v) is 0.958. The van der Waals surface area contributed by atoms with E-state index >= 15 is 0 Å². The number of alkyl halides is 5. The number of Topliss-reactive ketones (excluding diaryl/α,β-unsaturated/α-hetero) is 1. The molecule has 0 aromatic carbocycles. The molecule has 13 heavy (non-hydrogen) atoms. The van der Waals surface area contributed by atoms with Crippen LogP contribution in [0.15, 0.2) is 0 Å². The third-order valence-electron chi connectivity index (χ3n) is 0.958. The van der Waals surface area contributed by atoms with Crippen molar-refractivity contribution in [1.29, 1.82) is 0 Å². The molecule has 0 aromatic rings. The predicted octanol–water partition coefficient (Wildman–Crippen LogP) is 1.64. The van der Waals surface area contributed by atoms with Gasteiger partial charge in [0.1, 0.15) is 6.42 Å². The Morgan fingerprint density at radius 2 is 1.38 bits per heavy atom. The zero-order valence-electron chi connectivity index (χ0n) is 5.79. The molecule has 0 saturated carbocycles. The van der Waals surface area contributed by atoms with Crippen LogP contribution in [-0.2, 0) is 9.59 Å². The minimum atomic E-state index is -5.20. The maximum Gasteiger partial charge on any atom is 0.396 e. The maximum atomic E-state index is 11.9. The van der Waals surface area contributed by atoms with Crippen LogP contribution in [0.25, 0.3) is 0 Å². The average molecular weight is 208 g/mol. The first-order valence-corrected chi connectivity index (χ1v) is 2.75. The largest absolute Gasteiger partial charge is 0.396 e. The molecule has 0 aliphatic heterocycles. The van der Waals surface area contributed by atoms with Crippen molar-refractivity contribution < 1.29 is 35.9 Å². The van der Waals surface area contributed by atoms with Gasteiger partial charge in [-0.05, 0) is 0 Å². The Balaban J connectivity index is 4.53. The summed E-state index contributed by atoms with van der Waals surface area (Å²) in [6.07, 6.45) is -7.72. The molecule has 0 aliphatic carbocycles. The summed E-state index contributed by atoms with van der Waals surface area (Å²) in [7, 11) is 0. The van der Waals surface area contributed by atoms with Gasteiger partial charge in [0.25, 0.3) is 0 Å². The normalized spacial score (nSPS) is 12.8. The van der Waals surface area contributed by atoms with Gasteiger partial charge in [0, 0.05) is 0 Å². The van der Waals surface area contributed by atoms with Crippen molar-refractivity contribution in [3.05, 3.63) is 0 Å². The van der Waals surface area contributed by atoms with Crippen LogP contribution in [0.2, 0.25) is 0 Å². The molecule has 0 heterocycles. The number of hydrogen-bond acceptors (Lipinski definition) is 2. The number of carbonyl (C=O) groups excluding carboxylic acids is 2. The summed E-state index contributed by atoms with van der Waals surface area (Å²) < 4.78 is 69.1. The average Bonchev–Trinajstić information content (AvgIpc) is 1.82. The van der Waals surface area contributed by atoms with Crippen LogP contribution in [0.3, 0.4) is 0 Å². The van der Waals surface area contributed by atoms with Crippen molar-refractivity contribution in [1.82, 2.24) is 0 Å². The molecule has 0 spiro atoms. The van der Waals surface area contributed by atoms with Gasteiger partial charge in [-0.1, -0.05) is 0 Å². The van der Waals surface area contributed by atoms with Gasteiger partial charge in [-0.2, -0.15) is 26.3 Å². The molecule has 0 rings (SSSR count). The second kappa shape index (κ2) is 3.35. The highest BCUT2D eigenvalue weighted by atomic mass is 19.4. The van der Waals surface area contributed by atoms with E-state index in [-0.39, 0.29) is 0 Å². The lowest BCUT2D eigenvalue weighted by Crippen LogP contribution is -2.38. The zero-order chi connectivity index (χ0) is 10.9. The fourth-order valence-electron chi connectivity index (χ4n) is 0.403. The van der Waals surface area contributed by atoms with Crippen molar-refractivity contribution in [3.8, 4) is 0 Å². The Labute approximate surface area is 67.5 Å². The summed E-state index contributed by atoms with van der Waals surface area (Å²) in [5, 5.41) is 0. The van der Waals surface area contributed by atoms with Crippen LogP contribution in [0.4, 0.5) is 26.3 Å². The molecule has 0 aliphatic rings. The Morgan fingerprint density at radius 1 is 1.00 bits per heavy atom. The lowest BCUT2D eigenvalue weighted by atomic mass is 10.1. The molecule has 0 aromatic heterocycles. The zero-order valence-corrected chi connectivity index (χ0v) is 5.79. The van der Waals surface area contributed by atoms with E-state index in [1.54, 1.807) is 0 Å². The number of carbonyl (C=O) groups is 2. The summed E-state index contributed by atoms with van der Waals surface area (Å²) in [5.74, 6) is -8.00. The first-order valence-electron chi connectivity index (χ1n) is 2.75. The van der Waals surface area contributed by atoms with E-state index in [0.29, 0.717) is 0 Å². The molecule has 0 radical (unpaired) electrons. The first kappa shape index (κ1) is 11.9. The van der Waals surface area contributed by atoms with Gasteiger partial charge >= 0.3 is 18.1 Å². The Bertz CT molecular complexity index is 230. The van der Waals surface area contributed by atoms with Gasteiger partial charge in [-0.3, -0.25) is 9.59 Å². The SMILES string of the molecule is O=C(F)C(F)(F)C(=O)CC(F)(F)F. The Morgan fingerprint density at radius 3 is 1.62 bits per heavy atom. The Hall–Kier alpha value is -1.08. The summed E-state index contributed by atoms with van der Waals surface area (Å²) in [5.41, 5.74) is 0. The van der Waals surface area contributed by atoms with E-state index in [2.05, 4.69) is 0 Å². The minimum absolute atomic E-state index is 2.53. The lowest BCUT2D eigenvalue weighted by molar-refractivity contribution is -0.177. The highest BCUT2D eigenvalue weighted by Gasteiger charge is 2.51. The number of ketones is 1. The molecular weight excluding hydrogens is 206 g/mol. The third kappa shape index (κ3) is 3.43. The number of rotatable bonds is 3. The summed E-state index contributed by atoms with van der Waals surface area (Å²) in [6, 6.07) is -3.39. The van der Waals surface area contributed by atoms with Crippen molar-refractivity contribution in [3.63, 3.8) is 0 Å². The van der Waals surface area contributed by atoms with Crippen LogP contribution in [0.1, 0.15) is 6.42 Å². The van der Waals surface area contributed by atoms with Crippen LogP contribution in [0, 0.1) is 0 Å². The van der Waals surface area contributed by atoms with Crippen molar-refractivity contribution in [2.45, 2.75) is 18.5 Å². The monoisotopic (exact) mass is 208 g/mol. The maximum absolute atomic E-state index is 11.9. The van der Waals surface area contributed by atoms with Crippen LogP contribution in [0.5, 0.6) is 0 Å². The molecule has 2 nitrogen and oxygen atoms in total. The fraction of sp³-hybridized carbons (Fsp3) is 0.600. The van der Waals surface area contributed by atoms with E-state index in [4.69, 9.17) is 0 Å². The molecule has 0 N–H and O–H groups in total. The van der Waals surface area contributed by atoms with Gasteiger partial charge < -0.3 is 0 Å². The van der Waals surface area contributed by atoms with E-state index in [1.807, 2.05) is 0 Å². The summed E-state index contributed by atoms with van der Waals surface area (Å²) >= 11 is 0. The molecule has 0 saturated heterocycles. The predicted molar refractivity (Wildman–Crippen MR) is 26.7 cm³/mol. The van der Waals surface area contributed by atoms with Crippen molar-refractivity contribution in [2.24, 2.45) is 0 Å². The highest BCUT2D eigenvalue weighted by molar-refractivity contribution is 6.04. The number of halogens is 6. The highest BCUT2D eigenvalue weighted by Crippen LogP contribution is 2.27. The molecule has 0 fully saturated rings. The molecular formula is C5H2F6O2. The summed E-state index contributed by atoms with van der Waals surface area (Å²) in [4.78, 5) is 19.4. The van der Waals surface area contributed by atoms with Gasteiger partial charge in [0.15, 0.2) is 0 Å². The second-order valence-electron chi connectivity index (χ2n) is 2.06. The molecule has 0 unspecified atom stereocenters. The van der Waals surface area contributed by atoms with E-state index in [1.165, 1.54) is 0 Å². The minimum Gasteiger partial charge on any atom is -0.292 e. The fourth-order valence-corrected chi connectivity index (χ4v) is 0.403. The quantitative estimate of drug-likeness (QED) is 0.401. The van der Waals surface area contributed by atoms with Gasteiger partial charge in [-0.15, -0.1) is 0 Å². The molecule has 76 valence electrons.